The maximum atomic E-state index is 13.3. The Hall–Kier alpha value is -2.82. The number of amides is 2. The lowest BCUT2D eigenvalue weighted by Crippen LogP contribution is -2.62. The van der Waals surface area contributed by atoms with Crippen molar-refractivity contribution in [2.24, 2.45) is 0 Å². The fourth-order valence-corrected chi connectivity index (χ4v) is 4.48. The molecule has 2 fully saturated rings. The summed E-state index contributed by atoms with van der Waals surface area (Å²) in [5, 5.41) is 3.04. The summed E-state index contributed by atoms with van der Waals surface area (Å²) in [6, 6.07) is 15.7. The number of hydrogen-bond donors (Lipinski definition) is 1. The fraction of sp³-hybridized carbons (Fsp3) is 0.391. The van der Waals surface area contributed by atoms with Crippen molar-refractivity contribution in [1.29, 1.82) is 0 Å². The molecule has 1 N–H and O–H groups in total. The molecule has 3 aliphatic rings. The van der Waals surface area contributed by atoms with E-state index in [0.29, 0.717) is 37.2 Å². The van der Waals surface area contributed by atoms with Crippen molar-refractivity contribution in [2.75, 3.05) is 13.1 Å². The lowest BCUT2D eigenvalue weighted by atomic mass is 9.91. The predicted molar refractivity (Wildman–Crippen MR) is 105 cm³/mol. The monoisotopic (exact) mass is 376 g/mol. The van der Waals surface area contributed by atoms with E-state index in [9.17, 15) is 9.59 Å². The average Bonchev–Trinajstić information content (AvgIpc) is 3.51. The summed E-state index contributed by atoms with van der Waals surface area (Å²) < 4.78 is 6.19. The molecule has 0 aromatic heterocycles. The Bertz CT molecular complexity index is 939. The molecule has 5 rings (SSSR count). The minimum Gasteiger partial charge on any atom is -0.467 e. The van der Waals surface area contributed by atoms with Gasteiger partial charge in [0.25, 0.3) is 5.91 Å². The topological polar surface area (TPSA) is 58.6 Å². The van der Waals surface area contributed by atoms with E-state index in [2.05, 4.69) is 36.5 Å². The first-order chi connectivity index (χ1) is 13.5. The SMILES string of the molecule is Cc1ccc(C2(C(=O)N3CCC4(CC3)NC(=O)c3ccccc3O4)CC2)cc1. The molecule has 0 atom stereocenters. The van der Waals surface area contributed by atoms with Crippen LogP contribution in [-0.4, -0.2) is 35.5 Å². The van der Waals surface area contributed by atoms with Gasteiger partial charge in [0.2, 0.25) is 5.91 Å². The first-order valence-electron chi connectivity index (χ1n) is 9.99. The quantitative estimate of drug-likeness (QED) is 0.876. The molecular weight excluding hydrogens is 352 g/mol. The predicted octanol–water partition coefficient (Wildman–Crippen LogP) is 3.17. The van der Waals surface area contributed by atoms with Crippen molar-refractivity contribution in [3.05, 3.63) is 65.2 Å². The Morgan fingerprint density at radius 3 is 2.36 bits per heavy atom. The Kier molecular flexibility index (Phi) is 3.76. The molecule has 0 unspecified atom stereocenters. The number of piperidine rings is 1. The van der Waals surface area contributed by atoms with Crippen molar-refractivity contribution >= 4 is 11.8 Å². The highest BCUT2D eigenvalue weighted by atomic mass is 16.5. The van der Waals surface area contributed by atoms with Crippen LogP contribution in [-0.2, 0) is 10.2 Å². The second-order valence-electron chi connectivity index (χ2n) is 8.29. The molecule has 5 heteroatoms. The minimum atomic E-state index is -0.706. The number of fused-ring (bicyclic) bond motifs is 1. The fourth-order valence-electron chi connectivity index (χ4n) is 4.48. The number of ether oxygens (including phenoxy) is 1. The number of hydrogen-bond acceptors (Lipinski definition) is 3. The van der Waals surface area contributed by atoms with E-state index in [0.717, 1.165) is 18.4 Å². The van der Waals surface area contributed by atoms with Gasteiger partial charge in [0.15, 0.2) is 5.72 Å². The Morgan fingerprint density at radius 2 is 1.68 bits per heavy atom. The number of aryl methyl sites for hydroxylation is 1. The van der Waals surface area contributed by atoms with E-state index in [1.165, 1.54) is 5.56 Å². The van der Waals surface area contributed by atoms with E-state index < -0.39 is 5.72 Å². The molecular formula is C23H24N2O3. The zero-order valence-corrected chi connectivity index (χ0v) is 16.0. The molecule has 1 saturated carbocycles. The van der Waals surface area contributed by atoms with Crippen LogP contribution in [0.25, 0.3) is 0 Å². The minimum absolute atomic E-state index is 0.0973. The highest BCUT2D eigenvalue weighted by Gasteiger charge is 2.54. The number of likely N-dealkylation sites (tertiary alicyclic amines) is 1. The highest BCUT2D eigenvalue weighted by Crippen LogP contribution is 2.50. The van der Waals surface area contributed by atoms with Crippen molar-refractivity contribution in [1.82, 2.24) is 10.2 Å². The molecule has 1 spiro atoms. The second-order valence-corrected chi connectivity index (χ2v) is 8.29. The van der Waals surface area contributed by atoms with Gasteiger partial charge < -0.3 is 15.0 Å². The number of para-hydroxylation sites is 1. The summed E-state index contributed by atoms with van der Waals surface area (Å²) in [5.41, 5.74) is 1.85. The standard InChI is InChI=1S/C23H24N2O3/c1-16-6-8-17(9-7-16)22(10-11-22)21(27)25-14-12-23(13-15-25)24-20(26)18-4-2-3-5-19(18)28-23/h2-9H,10-15H2,1H3,(H,24,26). The lowest BCUT2D eigenvalue weighted by Gasteiger charge is -2.45. The summed E-state index contributed by atoms with van der Waals surface area (Å²) in [6.45, 7) is 3.25. The van der Waals surface area contributed by atoms with E-state index in [1.54, 1.807) is 6.07 Å². The number of nitrogens with one attached hydrogen (secondary N) is 1. The summed E-state index contributed by atoms with van der Waals surface area (Å²) in [7, 11) is 0. The average molecular weight is 376 g/mol. The Balaban J connectivity index is 1.31. The van der Waals surface area contributed by atoms with Crippen LogP contribution in [0.4, 0.5) is 0 Å². The molecule has 1 saturated heterocycles. The van der Waals surface area contributed by atoms with Gasteiger partial charge in [-0.25, -0.2) is 0 Å². The molecule has 144 valence electrons. The van der Waals surface area contributed by atoms with Gasteiger partial charge in [-0.3, -0.25) is 9.59 Å². The third kappa shape index (κ3) is 2.68. The van der Waals surface area contributed by atoms with Crippen molar-refractivity contribution < 1.29 is 14.3 Å². The van der Waals surface area contributed by atoms with Crippen molar-refractivity contribution in [3.8, 4) is 5.75 Å². The van der Waals surface area contributed by atoms with Crippen LogP contribution >= 0.6 is 0 Å². The molecule has 0 radical (unpaired) electrons. The van der Waals surface area contributed by atoms with Crippen LogP contribution in [0.1, 0.15) is 47.2 Å². The van der Waals surface area contributed by atoms with Gasteiger partial charge >= 0.3 is 0 Å². The smallest absolute Gasteiger partial charge is 0.258 e. The van der Waals surface area contributed by atoms with Crippen LogP contribution in [0.15, 0.2) is 48.5 Å². The highest BCUT2D eigenvalue weighted by molar-refractivity contribution is 5.98. The summed E-state index contributed by atoms with van der Waals surface area (Å²) in [4.78, 5) is 27.7. The zero-order chi connectivity index (χ0) is 19.4. The first kappa shape index (κ1) is 17.3. The second kappa shape index (κ2) is 6.09. The van der Waals surface area contributed by atoms with Crippen LogP contribution in [0, 0.1) is 6.92 Å². The summed E-state index contributed by atoms with van der Waals surface area (Å²) in [5.74, 6) is 0.748. The summed E-state index contributed by atoms with van der Waals surface area (Å²) in [6.07, 6.45) is 3.03. The third-order valence-electron chi connectivity index (χ3n) is 6.40. The molecule has 2 aromatic carbocycles. The Labute approximate surface area is 164 Å². The Morgan fingerprint density at radius 1 is 1.00 bits per heavy atom. The van der Waals surface area contributed by atoms with E-state index in [-0.39, 0.29) is 17.2 Å². The lowest BCUT2D eigenvalue weighted by molar-refractivity contribution is -0.138. The van der Waals surface area contributed by atoms with E-state index in [1.807, 2.05) is 23.1 Å². The molecule has 28 heavy (non-hydrogen) atoms. The molecule has 5 nitrogen and oxygen atoms in total. The van der Waals surface area contributed by atoms with Gasteiger partial charge in [0.05, 0.1) is 11.0 Å². The first-order valence-corrected chi connectivity index (χ1v) is 9.99. The maximum Gasteiger partial charge on any atom is 0.258 e. The van der Waals surface area contributed by atoms with Gasteiger partial charge in [-0.05, 0) is 37.5 Å². The van der Waals surface area contributed by atoms with Crippen LogP contribution < -0.4 is 10.1 Å². The molecule has 2 aliphatic heterocycles. The van der Waals surface area contributed by atoms with Crippen LogP contribution in [0.2, 0.25) is 0 Å². The summed E-state index contributed by atoms with van der Waals surface area (Å²) >= 11 is 0. The number of nitrogens with zero attached hydrogens (tertiary/aromatic N) is 1. The molecule has 2 aromatic rings. The largest absolute Gasteiger partial charge is 0.467 e. The van der Waals surface area contributed by atoms with Gasteiger partial charge in [-0.15, -0.1) is 0 Å². The molecule has 2 amide bonds. The molecule has 2 heterocycles. The maximum absolute atomic E-state index is 13.3. The van der Waals surface area contributed by atoms with E-state index >= 15 is 0 Å². The zero-order valence-electron chi connectivity index (χ0n) is 16.0. The third-order valence-corrected chi connectivity index (χ3v) is 6.40. The van der Waals surface area contributed by atoms with Gasteiger partial charge in [0, 0.05) is 25.9 Å². The molecule has 0 bridgehead atoms. The number of carbonyl (C=O) groups excluding carboxylic acids is 2. The molecule has 1 aliphatic carbocycles. The van der Waals surface area contributed by atoms with Gasteiger partial charge in [-0.1, -0.05) is 42.0 Å². The van der Waals surface area contributed by atoms with Gasteiger partial charge in [0.1, 0.15) is 5.75 Å². The van der Waals surface area contributed by atoms with Crippen LogP contribution in [0.5, 0.6) is 5.75 Å². The number of carbonyl (C=O) groups is 2. The van der Waals surface area contributed by atoms with Crippen molar-refractivity contribution in [3.63, 3.8) is 0 Å². The normalized spacial score (nSPS) is 21.5. The van der Waals surface area contributed by atoms with E-state index in [4.69, 9.17) is 4.74 Å². The van der Waals surface area contributed by atoms with Crippen LogP contribution in [0.3, 0.4) is 0 Å². The number of benzene rings is 2. The van der Waals surface area contributed by atoms with Gasteiger partial charge in [-0.2, -0.15) is 0 Å². The number of rotatable bonds is 2. The van der Waals surface area contributed by atoms with Crippen molar-refractivity contribution in [2.45, 2.75) is 43.7 Å².